The van der Waals surface area contributed by atoms with Crippen LogP contribution in [0.2, 0.25) is 0 Å². The molecule has 0 bridgehead atoms. The minimum atomic E-state index is -0.866. The highest BCUT2D eigenvalue weighted by molar-refractivity contribution is 5.94. The summed E-state index contributed by atoms with van der Waals surface area (Å²) < 4.78 is 27.4. The summed E-state index contributed by atoms with van der Waals surface area (Å²) in [4.78, 5) is 16.1. The molecule has 0 saturated carbocycles. The Morgan fingerprint density at radius 1 is 1.00 bits per heavy atom. The molecule has 25 heavy (non-hydrogen) atoms. The van der Waals surface area contributed by atoms with Gasteiger partial charge in [0.05, 0.1) is 6.04 Å². The number of hydrogen-bond donors (Lipinski definition) is 1. The van der Waals surface area contributed by atoms with Gasteiger partial charge in [-0.2, -0.15) is 0 Å². The van der Waals surface area contributed by atoms with Crippen molar-refractivity contribution in [3.63, 3.8) is 0 Å². The maximum Gasteiger partial charge on any atom is 0.257 e. The van der Waals surface area contributed by atoms with E-state index in [1.807, 2.05) is 62.3 Å². The Kier molecular flexibility index (Phi) is 6.09. The fourth-order valence-electron chi connectivity index (χ4n) is 2.59. The van der Waals surface area contributed by atoms with Crippen molar-refractivity contribution in [3.05, 3.63) is 65.2 Å². The van der Waals surface area contributed by atoms with Crippen LogP contribution >= 0.6 is 0 Å². The molecule has 134 valence electrons. The van der Waals surface area contributed by atoms with E-state index < -0.39 is 23.1 Å². The normalized spacial score (nSPS) is 12.1. The number of halogens is 2. The van der Waals surface area contributed by atoms with Crippen molar-refractivity contribution in [1.82, 2.24) is 10.2 Å². The molecule has 4 nitrogen and oxygen atoms in total. The standard InChI is InChI=1S/C19H23F2N3O/c1-23(2)14-10-8-13(9-11-14)17(24(3)4)12-22-19(25)18-15(20)6-5-7-16(18)21/h5-11,17H,12H2,1-4H3,(H,22,25)/t17-/m0/s1. The molecular weight excluding hydrogens is 324 g/mol. The summed E-state index contributed by atoms with van der Waals surface area (Å²) in [6, 6.07) is 11.2. The molecule has 1 N–H and O–H groups in total. The van der Waals surface area contributed by atoms with Gasteiger partial charge in [-0.3, -0.25) is 4.79 Å². The van der Waals surface area contributed by atoms with Crippen LogP contribution in [0.1, 0.15) is 22.0 Å². The van der Waals surface area contributed by atoms with E-state index in [4.69, 9.17) is 0 Å². The summed E-state index contributed by atoms with van der Waals surface area (Å²) in [5, 5.41) is 2.63. The van der Waals surface area contributed by atoms with Gasteiger partial charge in [-0.05, 0) is 43.9 Å². The van der Waals surface area contributed by atoms with Gasteiger partial charge in [0, 0.05) is 26.3 Å². The Morgan fingerprint density at radius 2 is 1.56 bits per heavy atom. The lowest BCUT2D eigenvalue weighted by Crippen LogP contribution is -2.35. The first-order valence-electron chi connectivity index (χ1n) is 7.97. The van der Waals surface area contributed by atoms with E-state index in [-0.39, 0.29) is 12.6 Å². The fraction of sp³-hybridized carbons (Fsp3) is 0.316. The molecule has 0 heterocycles. The largest absolute Gasteiger partial charge is 0.378 e. The quantitative estimate of drug-likeness (QED) is 0.872. The van der Waals surface area contributed by atoms with E-state index in [0.29, 0.717) is 0 Å². The third-order valence-electron chi connectivity index (χ3n) is 4.06. The van der Waals surface area contributed by atoms with Crippen LogP contribution < -0.4 is 10.2 Å². The van der Waals surface area contributed by atoms with Crippen LogP contribution in [0.4, 0.5) is 14.5 Å². The first-order chi connectivity index (χ1) is 11.8. The monoisotopic (exact) mass is 347 g/mol. The predicted molar refractivity (Wildman–Crippen MR) is 95.9 cm³/mol. The van der Waals surface area contributed by atoms with Gasteiger partial charge in [-0.15, -0.1) is 0 Å². The van der Waals surface area contributed by atoms with Gasteiger partial charge in [0.2, 0.25) is 0 Å². The lowest BCUT2D eigenvalue weighted by atomic mass is 10.0. The number of carbonyl (C=O) groups excluding carboxylic acids is 1. The Labute approximate surface area is 147 Å². The number of rotatable bonds is 6. The van der Waals surface area contributed by atoms with Crippen molar-refractivity contribution in [2.45, 2.75) is 6.04 Å². The van der Waals surface area contributed by atoms with Gasteiger partial charge < -0.3 is 15.1 Å². The molecule has 0 aromatic heterocycles. The second-order valence-corrected chi connectivity index (χ2v) is 6.27. The predicted octanol–water partition coefficient (Wildman–Crippen LogP) is 3.06. The molecule has 1 amide bonds. The van der Waals surface area contributed by atoms with Crippen LogP contribution in [0.3, 0.4) is 0 Å². The zero-order valence-electron chi connectivity index (χ0n) is 14.9. The molecule has 2 aromatic rings. The van der Waals surface area contributed by atoms with Gasteiger partial charge in [0.1, 0.15) is 17.2 Å². The minimum Gasteiger partial charge on any atom is -0.378 e. The van der Waals surface area contributed by atoms with Crippen LogP contribution in [-0.2, 0) is 0 Å². The molecule has 2 rings (SSSR count). The lowest BCUT2D eigenvalue weighted by Gasteiger charge is -2.26. The summed E-state index contributed by atoms with van der Waals surface area (Å²) in [6.45, 7) is 0.237. The molecular formula is C19H23F2N3O. The number of nitrogens with zero attached hydrogens (tertiary/aromatic N) is 2. The molecule has 0 spiro atoms. The highest BCUT2D eigenvalue weighted by atomic mass is 19.1. The topological polar surface area (TPSA) is 35.6 Å². The highest BCUT2D eigenvalue weighted by Gasteiger charge is 2.20. The summed E-state index contributed by atoms with van der Waals surface area (Å²) >= 11 is 0. The second kappa shape index (κ2) is 8.07. The van der Waals surface area contributed by atoms with E-state index in [2.05, 4.69) is 5.32 Å². The minimum absolute atomic E-state index is 0.116. The van der Waals surface area contributed by atoms with Gasteiger partial charge >= 0.3 is 0 Å². The van der Waals surface area contributed by atoms with E-state index in [1.165, 1.54) is 6.07 Å². The number of nitrogens with one attached hydrogen (secondary N) is 1. The van der Waals surface area contributed by atoms with Crippen molar-refractivity contribution < 1.29 is 13.6 Å². The van der Waals surface area contributed by atoms with Crippen LogP contribution in [-0.4, -0.2) is 45.5 Å². The molecule has 0 aliphatic carbocycles. The molecule has 1 atom stereocenters. The summed E-state index contributed by atoms with van der Waals surface area (Å²) in [5.41, 5.74) is 1.52. The van der Waals surface area contributed by atoms with Gasteiger partial charge in [0.25, 0.3) is 5.91 Å². The molecule has 0 saturated heterocycles. The smallest absolute Gasteiger partial charge is 0.257 e. The molecule has 6 heteroatoms. The Hall–Kier alpha value is -2.47. The van der Waals surface area contributed by atoms with Gasteiger partial charge in [-0.1, -0.05) is 18.2 Å². The van der Waals surface area contributed by atoms with E-state index >= 15 is 0 Å². The van der Waals surface area contributed by atoms with Crippen LogP contribution in [0.25, 0.3) is 0 Å². The zero-order chi connectivity index (χ0) is 18.6. The van der Waals surface area contributed by atoms with Gasteiger partial charge in [0.15, 0.2) is 0 Å². The highest BCUT2D eigenvalue weighted by Crippen LogP contribution is 2.21. The van der Waals surface area contributed by atoms with Crippen LogP contribution in [0.5, 0.6) is 0 Å². The summed E-state index contributed by atoms with van der Waals surface area (Å²) in [5.74, 6) is -2.49. The number of hydrogen-bond acceptors (Lipinski definition) is 3. The molecule has 0 radical (unpaired) electrons. The van der Waals surface area contributed by atoms with Crippen molar-refractivity contribution in [3.8, 4) is 0 Å². The third kappa shape index (κ3) is 4.54. The van der Waals surface area contributed by atoms with Crippen molar-refractivity contribution in [2.75, 3.05) is 39.6 Å². The van der Waals surface area contributed by atoms with Gasteiger partial charge in [-0.25, -0.2) is 8.78 Å². The first-order valence-corrected chi connectivity index (χ1v) is 7.97. The summed E-state index contributed by atoms with van der Waals surface area (Å²) in [7, 11) is 7.70. The molecule has 0 aliphatic heterocycles. The van der Waals surface area contributed by atoms with Crippen molar-refractivity contribution in [2.24, 2.45) is 0 Å². The molecule has 0 fully saturated rings. The lowest BCUT2D eigenvalue weighted by molar-refractivity contribution is 0.0933. The average molecular weight is 347 g/mol. The van der Waals surface area contributed by atoms with E-state index in [1.54, 1.807) is 0 Å². The third-order valence-corrected chi connectivity index (χ3v) is 4.06. The van der Waals surface area contributed by atoms with Crippen molar-refractivity contribution >= 4 is 11.6 Å². The van der Waals surface area contributed by atoms with E-state index in [9.17, 15) is 13.6 Å². The zero-order valence-corrected chi connectivity index (χ0v) is 14.9. The second-order valence-electron chi connectivity index (χ2n) is 6.27. The number of amides is 1. The maximum absolute atomic E-state index is 13.7. The number of carbonyl (C=O) groups is 1. The Morgan fingerprint density at radius 3 is 2.04 bits per heavy atom. The number of likely N-dealkylation sites (N-methyl/N-ethyl adjacent to an activating group) is 1. The number of benzene rings is 2. The first kappa shape index (κ1) is 18.9. The molecule has 2 aromatic carbocycles. The number of anilines is 1. The van der Waals surface area contributed by atoms with Crippen LogP contribution in [0, 0.1) is 11.6 Å². The Balaban J connectivity index is 2.13. The average Bonchev–Trinajstić information content (AvgIpc) is 2.55. The molecule has 0 unspecified atom stereocenters. The van der Waals surface area contributed by atoms with Crippen molar-refractivity contribution in [1.29, 1.82) is 0 Å². The fourth-order valence-corrected chi connectivity index (χ4v) is 2.59. The molecule has 0 aliphatic rings. The maximum atomic E-state index is 13.7. The van der Waals surface area contributed by atoms with E-state index in [0.717, 1.165) is 23.4 Å². The Bertz CT molecular complexity index is 710. The summed E-state index contributed by atoms with van der Waals surface area (Å²) in [6.07, 6.45) is 0. The van der Waals surface area contributed by atoms with Crippen LogP contribution in [0.15, 0.2) is 42.5 Å². The SMILES string of the molecule is CN(C)c1ccc([C@H](CNC(=O)c2c(F)cccc2F)N(C)C)cc1.